The quantitative estimate of drug-likeness (QED) is 0.760. The molecule has 0 amide bonds. The van der Waals surface area contributed by atoms with Gasteiger partial charge in [-0.3, -0.25) is 0 Å². The average molecular weight is 350 g/mol. The Labute approximate surface area is 134 Å². The lowest BCUT2D eigenvalue weighted by molar-refractivity contribution is 0.340. The van der Waals surface area contributed by atoms with Gasteiger partial charge in [0, 0.05) is 15.7 Å². The fourth-order valence-electron chi connectivity index (χ4n) is 2.22. The van der Waals surface area contributed by atoms with E-state index in [9.17, 15) is 5.11 Å². The summed E-state index contributed by atoms with van der Waals surface area (Å²) in [4.78, 5) is 0. The van der Waals surface area contributed by atoms with Crippen LogP contribution >= 0.6 is 15.9 Å². The summed E-state index contributed by atoms with van der Waals surface area (Å²) in [6.07, 6.45) is 0.872. The van der Waals surface area contributed by atoms with E-state index in [-0.39, 0.29) is 6.04 Å². The Hall–Kier alpha value is -1.68. The number of ether oxygens (including phenoxy) is 1. The first-order valence-corrected chi connectivity index (χ1v) is 7.91. The van der Waals surface area contributed by atoms with Crippen molar-refractivity contribution in [3.05, 3.63) is 52.5 Å². The molecule has 0 bridgehead atoms. The minimum Gasteiger partial charge on any atom is -0.508 e. The molecule has 2 aromatic carbocycles. The lowest BCUT2D eigenvalue weighted by atomic mass is 10.0. The topological polar surface area (TPSA) is 41.5 Å². The molecule has 2 aromatic rings. The lowest BCUT2D eigenvalue weighted by Gasteiger charge is -2.20. The Bertz CT molecular complexity index is 584. The van der Waals surface area contributed by atoms with Gasteiger partial charge in [-0.1, -0.05) is 22.9 Å². The summed E-state index contributed by atoms with van der Waals surface area (Å²) in [5.41, 5.74) is 1.89. The number of nitrogens with one attached hydrogen (secondary N) is 1. The predicted molar refractivity (Wildman–Crippen MR) is 90.1 cm³/mol. The number of anilines is 1. The third-order valence-corrected chi connectivity index (χ3v) is 3.77. The molecule has 1 unspecified atom stereocenters. The van der Waals surface area contributed by atoms with E-state index in [0.717, 1.165) is 27.9 Å². The molecule has 0 saturated carbocycles. The fraction of sp³-hybridized carbons (Fsp3) is 0.294. The Balaban J connectivity index is 2.16. The summed E-state index contributed by atoms with van der Waals surface area (Å²) < 4.78 is 6.40. The predicted octanol–water partition coefficient (Wildman–Crippen LogP) is 5.12. The Morgan fingerprint density at radius 1 is 1.14 bits per heavy atom. The first kappa shape index (κ1) is 15.7. The van der Waals surface area contributed by atoms with Crippen molar-refractivity contribution in [3.8, 4) is 11.5 Å². The molecule has 1 atom stereocenters. The number of hydrogen-bond donors (Lipinski definition) is 2. The average Bonchev–Trinajstić information content (AvgIpc) is 2.49. The monoisotopic (exact) mass is 349 g/mol. The van der Waals surface area contributed by atoms with Gasteiger partial charge in [-0.2, -0.15) is 0 Å². The van der Waals surface area contributed by atoms with Crippen molar-refractivity contribution in [2.75, 3.05) is 11.9 Å². The van der Waals surface area contributed by atoms with E-state index in [4.69, 9.17) is 4.74 Å². The van der Waals surface area contributed by atoms with Crippen molar-refractivity contribution in [2.45, 2.75) is 26.3 Å². The minimum absolute atomic E-state index is 0.0560. The summed E-state index contributed by atoms with van der Waals surface area (Å²) in [7, 11) is 0. The standard InChI is InChI=1S/C17H20BrNO2/c1-3-16(15-11-12(18)5-10-17(15)20)19-13-6-8-14(9-7-13)21-4-2/h5-11,16,19-20H,3-4H2,1-2H3. The fourth-order valence-corrected chi connectivity index (χ4v) is 2.60. The molecule has 0 heterocycles. The van der Waals surface area contributed by atoms with Gasteiger partial charge in [0.2, 0.25) is 0 Å². The second-order valence-electron chi connectivity index (χ2n) is 4.77. The van der Waals surface area contributed by atoms with Crippen LogP contribution in [0.5, 0.6) is 11.5 Å². The molecule has 112 valence electrons. The van der Waals surface area contributed by atoms with Crippen LogP contribution in [-0.4, -0.2) is 11.7 Å². The van der Waals surface area contributed by atoms with Crippen LogP contribution in [0.4, 0.5) is 5.69 Å². The van der Waals surface area contributed by atoms with Crippen LogP contribution in [0.25, 0.3) is 0 Å². The number of phenols is 1. The first-order chi connectivity index (χ1) is 10.1. The Morgan fingerprint density at radius 2 is 1.86 bits per heavy atom. The van der Waals surface area contributed by atoms with Crippen molar-refractivity contribution in [1.82, 2.24) is 0 Å². The maximum Gasteiger partial charge on any atom is 0.120 e. The van der Waals surface area contributed by atoms with E-state index in [2.05, 4.69) is 28.2 Å². The maximum atomic E-state index is 10.0. The van der Waals surface area contributed by atoms with Crippen LogP contribution in [0.1, 0.15) is 31.9 Å². The van der Waals surface area contributed by atoms with Gasteiger partial charge in [0.1, 0.15) is 11.5 Å². The third kappa shape index (κ3) is 4.14. The van der Waals surface area contributed by atoms with Crippen LogP contribution in [0.3, 0.4) is 0 Å². The molecule has 2 N–H and O–H groups in total. The largest absolute Gasteiger partial charge is 0.508 e. The van der Waals surface area contributed by atoms with Gasteiger partial charge in [0.15, 0.2) is 0 Å². The highest BCUT2D eigenvalue weighted by Crippen LogP contribution is 2.32. The molecule has 0 saturated heterocycles. The second-order valence-corrected chi connectivity index (χ2v) is 5.68. The van der Waals surface area contributed by atoms with Crippen LogP contribution in [0, 0.1) is 0 Å². The summed E-state index contributed by atoms with van der Waals surface area (Å²) in [6, 6.07) is 13.4. The smallest absolute Gasteiger partial charge is 0.120 e. The Morgan fingerprint density at radius 3 is 2.48 bits per heavy atom. The van der Waals surface area contributed by atoms with E-state index in [1.807, 2.05) is 43.3 Å². The van der Waals surface area contributed by atoms with E-state index < -0.39 is 0 Å². The number of benzene rings is 2. The van der Waals surface area contributed by atoms with Crippen molar-refractivity contribution in [3.63, 3.8) is 0 Å². The van der Waals surface area contributed by atoms with Crippen LogP contribution in [0.2, 0.25) is 0 Å². The van der Waals surface area contributed by atoms with E-state index >= 15 is 0 Å². The van der Waals surface area contributed by atoms with Crippen molar-refractivity contribution >= 4 is 21.6 Å². The normalized spacial score (nSPS) is 12.0. The third-order valence-electron chi connectivity index (χ3n) is 3.28. The lowest BCUT2D eigenvalue weighted by Crippen LogP contribution is -2.10. The number of hydrogen-bond acceptors (Lipinski definition) is 3. The molecule has 21 heavy (non-hydrogen) atoms. The highest BCUT2D eigenvalue weighted by Gasteiger charge is 2.14. The summed E-state index contributed by atoms with van der Waals surface area (Å²) in [5, 5.41) is 13.5. The molecular weight excluding hydrogens is 330 g/mol. The number of rotatable bonds is 6. The molecule has 0 aromatic heterocycles. The van der Waals surface area contributed by atoms with Crippen LogP contribution < -0.4 is 10.1 Å². The van der Waals surface area contributed by atoms with Gasteiger partial charge >= 0.3 is 0 Å². The highest BCUT2D eigenvalue weighted by molar-refractivity contribution is 9.10. The molecule has 0 aliphatic heterocycles. The highest BCUT2D eigenvalue weighted by atomic mass is 79.9. The number of aromatic hydroxyl groups is 1. The molecule has 2 rings (SSSR count). The molecule has 0 aliphatic rings. The zero-order valence-corrected chi connectivity index (χ0v) is 13.9. The van der Waals surface area contributed by atoms with Crippen LogP contribution in [0.15, 0.2) is 46.9 Å². The summed E-state index contributed by atoms with van der Waals surface area (Å²) >= 11 is 3.45. The van der Waals surface area contributed by atoms with E-state index in [1.165, 1.54) is 0 Å². The summed E-state index contributed by atoms with van der Waals surface area (Å²) in [5.74, 6) is 1.17. The van der Waals surface area contributed by atoms with Gasteiger partial charge in [-0.15, -0.1) is 0 Å². The molecule has 4 heteroatoms. The SMILES string of the molecule is CCOc1ccc(NC(CC)c2cc(Br)ccc2O)cc1. The zero-order valence-electron chi connectivity index (χ0n) is 12.3. The molecule has 3 nitrogen and oxygen atoms in total. The van der Waals surface area contributed by atoms with Gasteiger partial charge < -0.3 is 15.2 Å². The molecule has 0 aliphatic carbocycles. The Kier molecular flexibility index (Phi) is 5.51. The molecule has 0 radical (unpaired) electrons. The second kappa shape index (κ2) is 7.36. The van der Waals surface area contributed by atoms with Crippen molar-refractivity contribution in [2.24, 2.45) is 0 Å². The van der Waals surface area contributed by atoms with Crippen molar-refractivity contribution in [1.29, 1.82) is 0 Å². The van der Waals surface area contributed by atoms with Gasteiger partial charge in [-0.05, 0) is 55.8 Å². The summed E-state index contributed by atoms with van der Waals surface area (Å²) in [6.45, 7) is 4.72. The molecular formula is C17H20BrNO2. The number of halogens is 1. The minimum atomic E-state index is 0.0560. The van der Waals surface area contributed by atoms with Crippen molar-refractivity contribution < 1.29 is 9.84 Å². The number of phenolic OH excluding ortho intramolecular Hbond substituents is 1. The van der Waals surface area contributed by atoms with E-state index in [1.54, 1.807) is 6.07 Å². The van der Waals surface area contributed by atoms with Crippen LogP contribution in [-0.2, 0) is 0 Å². The maximum absolute atomic E-state index is 10.0. The van der Waals surface area contributed by atoms with E-state index in [0.29, 0.717) is 12.4 Å². The zero-order chi connectivity index (χ0) is 15.2. The van der Waals surface area contributed by atoms with Gasteiger partial charge in [-0.25, -0.2) is 0 Å². The molecule has 0 fully saturated rings. The first-order valence-electron chi connectivity index (χ1n) is 7.11. The van der Waals surface area contributed by atoms with Gasteiger partial charge in [0.25, 0.3) is 0 Å². The van der Waals surface area contributed by atoms with Gasteiger partial charge in [0.05, 0.1) is 12.6 Å². The molecule has 0 spiro atoms.